The summed E-state index contributed by atoms with van der Waals surface area (Å²) < 4.78 is 11.2. The lowest BCUT2D eigenvalue weighted by Crippen LogP contribution is -2.37. The van der Waals surface area contributed by atoms with E-state index in [1.807, 2.05) is 38.1 Å². The number of rotatable bonds is 7. The van der Waals surface area contributed by atoms with Gasteiger partial charge in [0.2, 0.25) is 5.91 Å². The van der Waals surface area contributed by atoms with E-state index in [4.69, 9.17) is 9.47 Å². The van der Waals surface area contributed by atoms with Crippen molar-refractivity contribution >= 4 is 16.8 Å². The molecule has 6 nitrogen and oxygen atoms in total. The van der Waals surface area contributed by atoms with Gasteiger partial charge in [0.25, 0.3) is 5.56 Å². The number of aromatic amines is 1. The molecule has 2 heterocycles. The van der Waals surface area contributed by atoms with E-state index < -0.39 is 0 Å². The van der Waals surface area contributed by atoms with E-state index >= 15 is 0 Å². The lowest BCUT2D eigenvalue weighted by Gasteiger charge is -2.25. The summed E-state index contributed by atoms with van der Waals surface area (Å²) in [5, 5.41) is 0.895. The minimum absolute atomic E-state index is 0.0306. The Morgan fingerprint density at radius 1 is 1.35 bits per heavy atom. The molecule has 1 aliphatic rings. The Bertz CT molecular complexity index is 824. The fraction of sp³-hybridized carbons (Fsp3) is 0.500. The first kappa shape index (κ1) is 18.5. The highest BCUT2D eigenvalue weighted by Crippen LogP contribution is 2.20. The highest BCUT2D eigenvalue weighted by Gasteiger charge is 2.22. The van der Waals surface area contributed by atoms with Gasteiger partial charge in [-0.1, -0.05) is 6.92 Å². The minimum Gasteiger partial charge on any atom is -0.494 e. The molecule has 0 radical (unpaired) electrons. The molecule has 1 saturated heterocycles. The molecule has 0 bridgehead atoms. The van der Waals surface area contributed by atoms with Gasteiger partial charge in [-0.2, -0.15) is 0 Å². The number of nitrogens with one attached hydrogen (secondary N) is 1. The number of hydrogen-bond acceptors (Lipinski definition) is 4. The third-order valence-electron chi connectivity index (χ3n) is 4.67. The fourth-order valence-corrected chi connectivity index (χ4v) is 3.32. The molecule has 6 heteroatoms. The van der Waals surface area contributed by atoms with Gasteiger partial charge in [-0.05, 0) is 44.0 Å². The molecular formula is C20H26N2O4. The molecule has 26 heavy (non-hydrogen) atoms. The van der Waals surface area contributed by atoms with Crippen LogP contribution in [0.3, 0.4) is 0 Å². The van der Waals surface area contributed by atoms with Crippen LogP contribution >= 0.6 is 0 Å². The van der Waals surface area contributed by atoms with Gasteiger partial charge in [-0.3, -0.25) is 9.59 Å². The number of H-pyrrole nitrogens is 1. The number of nitrogens with zero attached hydrogens (tertiary/aromatic N) is 1. The average molecular weight is 358 g/mol. The zero-order chi connectivity index (χ0) is 18.5. The molecule has 1 fully saturated rings. The van der Waals surface area contributed by atoms with E-state index in [0.717, 1.165) is 36.1 Å². The summed E-state index contributed by atoms with van der Waals surface area (Å²) in [5.41, 5.74) is 1.17. The fourth-order valence-electron chi connectivity index (χ4n) is 3.32. The molecule has 1 amide bonds. The van der Waals surface area contributed by atoms with Gasteiger partial charge in [0.1, 0.15) is 5.75 Å². The van der Waals surface area contributed by atoms with Crippen LogP contribution in [0, 0.1) is 0 Å². The maximum atomic E-state index is 12.5. The standard InChI is InChI=1S/C20H26N2O4/c1-3-19(23)22(13-17-6-5-9-26-17)12-15-10-14-11-16(25-4-2)7-8-18(14)21-20(15)24/h7-8,10-11,17H,3-6,9,12-13H2,1-2H3,(H,21,24). The number of ether oxygens (including phenoxy) is 2. The number of pyridine rings is 1. The van der Waals surface area contributed by atoms with Crippen LogP contribution in [0.1, 0.15) is 38.7 Å². The maximum Gasteiger partial charge on any atom is 0.253 e. The van der Waals surface area contributed by atoms with Gasteiger partial charge < -0.3 is 19.4 Å². The number of carbonyl (C=O) groups is 1. The summed E-state index contributed by atoms with van der Waals surface area (Å²) in [7, 11) is 0. The van der Waals surface area contributed by atoms with E-state index in [2.05, 4.69) is 4.98 Å². The Hall–Kier alpha value is -2.34. The highest BCUT2D eigenvalue weighted by atomic mass is 16.5. The molecular weight excluding hydrogens is 332 g/mol. The van der Waals surface area contributed by atoms with E-state index in [0.29, 0.717) is 25.1 Å². The van der Waals surface area contributed by atoms with Crippen molar-refractivity contribution in [3.05, 3.63) is 40.2 Å². The van der Waals surface area contributed by atoms with Crippen molar-refractivity contribution in [2.75, 3.05) is 19.8 Å². The van der Waals surface area contributed by atoms with Crippen molar-refractivity contribution in [3.8, 4) is 5.75 Å². The monoisotopic (exact) mass is 358 g/mol. The van der Waals surface area contributed by atoms with Crippen LogP contribution in [0.4, 0.5) is 0 Å². The second kappa shape index (κ2) is 8.36. The largest absolute Gasteiger partial charge is 0.494 e. The molecule has 1 aromatic heterocycles. The first-order chi connectivity index (χ1) is 12.6. The van der Waals surface area contributed by atoms with Crippen LogP contribution in [-0.4, -0.2) is 41.7 Å². The number of amides is 1. The van der Waals surface area contributed by atoms with Gasteiger partial charge in [-0.25, -0.2) is 0 Å². The number of fused-ring (bicyclic) bond motifs is 1. The van der Waals surface area contributed by atoms with Gasteiger partial charge in [0.05, 0.1) is 19.3 Å². The normalized spacial score (nSPS) is 16.8. The quantitative estimate of drug-likeness (QED) is 0.826. The molecule has 1 aromatic carbocycles. The Morgan fingerprint density at radius 3 is 2.88 bits per heavy atom. The Kier molecular flexibility index (Phi) is 5.93. The zero-order valence-corrected chi connectivity index (χ0v) is 15.4. The third kappa shape index (κ3) is 4.25. The number of hydrogen-bond donors (Lipinski definition) is 1. The Morgan fingerprint density at radius 2 is 2.19 bits per heavy atom. The van der Waals surface area contributed by atoms with Gasteiger partial charge in [-0.15, -0.1) is 0 Å². The van der Waals surface area contributed by atoms with Crippen molar-refractivity contribution in [1.29, 1.82) is 0 Å². The highest BCUT2D eigenvalue weighted by molar-refractivity contribution is 5.81. The van der Waals surface area contributed by atoms with E-state index in [9.17, 15) is 9.59 Å². The van der Waals surface area contributed by atoms with Crippen molar-refractivity contribution < 1.29 is 14.3 Å². The van der Waals surface area contributed by atoms with Crippen LogP contribution in [0.5, 0.6) is 5.75 Å². The number of aromatic nitrogens is 1. The van der Waals surface area contributed by atoms with Crippen molar-refractivity contribution in [3.63, 3.8) is 0 Å². The average Bonchev–Trinajstić information content (AvgIpc) is 3.14. The predicted octanol–water partition coefficient (Wildman–Crippen LogP) is 2.84. The molecule has 3 rings (SSSR count). The van der Waals surface area contributed by atoms with E-state index in [1.54, 1.807) is 4.90 Å². The van der Waals surface area contributed by atoms with Gasteiger partial charge in [0.15, 0.2) is 0 Å². The SMILES string of the molecule is CCOc1ccc2[nH]c(=O)c(CN(CC3CCCO3)C(=O)CC)cc2c1. The molecule has 1 atom stereocenters. The second-order valence-electron chi connectivity index (χ2n) is 6.57. The molecule has 140 valence electrons. The van der Waals surface area contributed by atoms with Gasteiger partial charge >= 0.3 is 0 Å². The number of benzene rings is 1. The van der Waals surface area contributed by atoms with E-state index in [1.165, 1.54) is 0 Å². The van der Waals surface area contributed by atoms with Crippen molar-refractivity contribution in [2.24, 2.45) is 0 Å². The lowest BCUT2D eigenvalue weighted by molar-refractivity contribution is -0.133. The van der Waals surface area contributed by atoms with Gasteiger partial charge in [0, 0.05) is 36.0 Å². The molecule has 0 saturated carbocycles. The van der Waals surface area contributed by atoms with Crippen LogP contribution in [-0.2, 0) is 16.1 Å². The van der Waals surface area contributed by atoms with Crippen LogP contribution in [0.2, 0.25) is 0 Å². The summed E-state index contributed by atoms with van der Waals surface area (Å²) in [4.78, 5) is 29.5. The van der Waals surface area contributed by atoms with Crippen LogP contribution in [0.25, 0.3) is 10.9 Å². The van der Waals surface area contributed by atoms with E-state index in [-0.39, 0.29) is 24.1 Å². The third-order valence-corrected chi connectivity index (χ3v) is 4.67. The summed E-state index contributed by atoms with van der Waals surface area (Å²) in [5.74, 6) is 0.793. The lowest BCUT2D eigenvalue weighted by atomic mass is 10.1. The molecule has 1 aliphatic heterocycles. The Labute approximate surface area is 153 Å². The molecule has 1 N–H and O–H groups in total. The first-order valence-electron chi connectivity index (χ1n) is 9.28. The summed E-state index contributed by atoms with van der Waals surface area (Å²) in [6.07, 6.45) is 2.45. The number of carbonyl (C=O) groups excluding carboxylic acids is 1. The summed E-state index contributed by atoms with van der Waals surface area (Å²) >= 11 is 0. The molecule has 0 aliphatic carbocycles. The van der Waals surface area contributed by atoms with Crippen molar-refractivity contribution in [2.45, 2.75) is 45.8 Å². The maximum absolute atomic E-state index is 12.5. The zero-order valence-electron chi connectivity index (χ0n) is 15.4. The van der Waals surface area contributed by atoms with Crippen LogP contribution < -0.4 is 10.3 Å². The molecule has 2 aromatic rings. The summed E-state index contributed by atoms with van der Waals surface area (Å²) in [6.45, 7) is 5.92. The summed E-state index contributed by atoms with van der Waals surface area (Å²) in [6, 6.07) is 7.44. The van der Waals surface area contributed by atoms with Crippen LogP contribution in [0.15, 0.2) is 29.1 Å². The molecule has 1 unspecified atom stereocenters. The smallest absolute Gasteiger partial charge is 0.253 e. The second-order valence-corrected chi connectivity index (χ2v) is 6.57. The Balaban J connectivity index is 1.87. The topological polar surface area (TPSA) is 71.6 Å². The first-order valence-corrected chi connectivity index (χ1v) is 9.28. The predicted molar refractivity (Wildman–Crippen MR) is 100 cm³/mol. The molecule has 0 spiro atoms. The minimum atomic E-state index is -0.164. The van der Waals surface area contributed by atoms with Crippen molar-refractivity contribution in [1.82, 2.24) is 9.88 Å².